The molecule has 9 nitrogen and oxygen atoms in total. The van der Waals surface area contributed by atoms with E-state index in [0.717, 1.165) is 0 Å². The van der Waals surface area contributed by atoms with Crippen molar-refractivity contribution in [1.29, 1.82) is 0 Å². The first-order chi connectivity index (χ1) is 17.2. The van der Waals surface area contributed by atoms with Crippen LogP contribution < -0.4 is 0 Å². The lowest BCUT2D eigenvalue weighted by molar-refractivity contribution is -0.165. The molecule has 6 N–H and O–H groups in total. The van der Waals surface area contributed by atoms with Crippen LogP contribution in [0.15, 0.2) is 48.5 Å². The molecule has 0 saturated carbocycles. The van der Waals surface area contributed by atoms with Crippen molar-refractivity contribution in [2.24, 2.45) is 11.8 Å². The van der Waals surface area contributed by atoms with Crippen LogP contribution in [0.1, 0.15) is 37.8 Å². The average Bonchev–Trinajstić information content (AvgIpc) is 2.88. The van der Waals surface area contributed by atoms with Crippen molar-refractivity contribution < 1.29 is 44.9 Å². The van der Waals surface area contributed by atoms with E-state index in [9.17, 15) is 35.4 Å². The molecular weight excluding hydrogens is 468 g/mol. The molecule has 0 aliphatic carbocycles. The standard InChI is InChI=1S/C27H38O9/c1-19(26(11-13-28,35-17-15-30)21-3-7-23(32)8-4-21)25(34)20(2)27(12-14-29,36-18-16-31)22-5-9-24(33)10-6-22/h3-10,19-20,28-33H,11-18H2,1-2H3. The topological polar surface area (TPSA) is 157 Å². The van der Waals surface area contributed by atoms with Gasteiger partial charge >= 0.3 is 0 Å². The van der Waals surface area contributed by atoms with E-state index < -0.39 is 23.0 Å². The molecule has 0 spiro atoms. The van der Waals surface area contributed by atoms with Gasteiger partial charge in [-0.05, 0) is 35.4 Å². The van der Waals surface area contributed by atoms with E-state index in [2.05, 4.69) is 0 Å². The lowest BCUT2D eigenvalue weighted by Crippen LogP contribution is -2.49. The van der Waals surface area contributed by atoms with E-state index in [1.165, 1.54) is 24.3 Å². The summed E-state index contributed by atoms with van der Waals surface area (Å²) in [7, 11) is 0. The predicted molar refractivity (Wildman–Crippen MR) is 132 cm³/mol. The minimum absolute atomic E-state index is 0.0258. The minimum Gasteiger partial charge on any atom is -0.508 e. The molecule has 0 heterocycles. The van der Waals surface area contributed by atoms with Gasteiger partial charge in [-0.15, -0.1) is 0 Å². The normalized spacial score (nSPS) is 16.6. The number of carbonyl (C=O) groups is 1. The molecule has 2 aromatic carbocycles. The molecule has 4 atom stereocenters. The second-order valence-electron chi connectivity index (χ2n) is 8.81. The number of Topliss-reactive ketones (excluding diaryl/α,β-unsaturated/α-hetero) is 1. The Morgan fingerprint density at radius 2 is 1.00 bits per heavy atom. The van der Waals surface area contributed by atoms with Crippen LogP contribution in [0.4, 0.5) is 0 Å². The number of carbonyl (C=O) groups excluding carboxylic acids is 1. The molecule has 0 saturated heterocycles. The highest BCUT2D eigenvalue weighted by molar-refractivity contribution is 5.85. The first-order valence-electron chi connectivity index (χ1n) is 12.1. The minimum atomic E-state index is -1.33. The number of aliphatic hydroxyl groups is 4. The van der Waals surface area contributed by atoms with Gasteiger partial charge in [0.25, 0.3) is 0 Å². The maximum atomic E-state index is 14.1. The third-order valence-corrected chi connectivity index (χ3v) is 6.83. The zero-order valence-electron chi connectivity index (χ0n) is 20.8. The van der Waals surface area contributed by atoms with E-state index in [-0.39, 0.29) is 69.8 Å². The van der Waals surface area contributed by atoms with Crippen molar-refractivity contribution in [3.05, 3.63) is 59.7 Å². The number of benzene rings is 2. The third-order valence-electron chi connectivity index (χ3n) is 6.83. The zero-order valence-corrected chi connectivity index (χ0v) is 20.8. The number of ketones is 1. The molecule has 0 fully saturated rings. The number of phenols is 2. The number of hydrogen-bond donors (Lipinski definition) is 6. The Morgan fingerprint density at radius 3 is 1.28 bits per heavy atom. The molecular formula is C27H38O9. The summed E-state index contributed by atoms with van der Waals surface area (Å²) in [6, 6.07) is 12.3. The Hall–Kier alpha value is -2.53. The van der Waals surface area contributed by atoms with Crippen LogP contribution in [0.5, 0.6) is 11.5 Å². The maximum absolute atomic E-state index is 14.1. The van der Waals surface area contributed by atoms with Crippen LogP contribution >= 0.6 is 0 Å². The van der Waals surface area contributed by atoms with Gasteiger partial charge in [-0.2, -0.15) is 0 Å². The summed E-state index contributed by atoms with van der Waals surface area (Å²) >= 11 is 0. The lowest BCUT2D eigenvalue weighted by Gasteiger charge is -2.44. The van der Waals surface area contributed by atoms with E-state index in [0.29, 0.717) is 11.1 Å². The van der Waals surface area contributed by atoms with Gasteiger partial charge in [0, 0.05) is 37.9 Å². The van der Waals surface area contributed by atoms with Crippen molar-refractivity contribution in [1.82, 2.24) is 0 Å². The summed E-state index contributed by atoms with van der Waals surface area (Å²) in [6.45, 7) is 1.95. The number of aromatic hydroxyl groups is 2. The molecule has 4 unspecified atom stereocenters. The molecule has 36 heavy (non-hydrogen) atoms. The van der Waals surface area contributed by atoms with Gasteiger partial charge in [0.05, 0.1) is 26.4 Å². The molecule has 200 valence electrons. The first kappa shape index (κ1) is 29.7. The van der Waals surface area contributed by atoms with Gasteiger partial charge in [0.2, 0.25) is 0 Å². The molecule has 0 radical (unpaired) electrons. The van der Waals surface area contributed by atoms with Crippen molar-refractivity contribution in [2.45, 2.75) is 37.9 Å². The molecule has 0 amide bonds. The number of ether oxygens (including phenoxy) is 2. The second kappa shape index (κ2) is 13.7. The van der Waals surface area contributed by atoms with Crippen LogP contribution in [0.3, 0.4) is 0 Å². The zero-order chi connectivity index (χ0) is 26.8. The highest BCUT2D eigenvalue weighted by atomic mass is 16.5. The highest BCUT2D eigenvalue weighted by Crippen LogP contribution is 2.44. The smallest absolute Gasteiger partial charge is 0.144 e. The summed E-state index contributed by atoms with van der Waals surface area (Å²) in [6.07, 6.45) is 0.0855. The quantitative estimate of drug-likeness (QED) is 0.200. The molecule has 2 aromatic rings. The summed E-state index contributed by atoms with van der Waals surface area (Å²) < 4.78 is 12.2. The average molecular weight is 507 g/mol. The monoisotopic (exact) mass is 506 g/mol. The Kier molecular flexibility index (Phi) is 11.3. The van der Waals surface area contributed by atoms with Crippen molar-refractivity contribution >= 4 is 5.78 Å². The fourth-order valence-corrected chi connectivity index (χ4v) is 4.89. The van der Waals surface area contributed by atoms with Gasteiger partial charge in [-0.1, -0.05) is 38.1 Å². The molecule has 2 rings (SSSR count). The van der Waals surface area contributed by atoms with Gasteiger partial charge < -0.3 is 40.1 Å². The summed E-state index contributed by atoms with van der Waals surface area (Å²) in [5.41, 5.74) is -1.56. The lowest BCUT2D eigenvalue weighted by atomic mass is 9.69. The van der Waals surface area contributed by atoms with Gasteiger partial charge in [0.15, 0.2) is 0 Å². The van der Waals surface area contributed by atoms with Crippen molar-refractivity contribution in [3.63, 3.8) is 0 Å². The molecule has 0 aromatic heterocycles. The van der Waals surface area contributed by atoms with Gasteiger partial charge in [-0.25, -0.2) is 0 Å². The SMILES string of the molecule is CC(C(=O)C(C)C(CCO)(OCCO)c1ccc(O)cc1)C(CCO)(OCCO)c1ccc(O)cc1. The third kappa shape index (κ3) is 6.42. The van der Waals surface area contributed by atoms with Crippen LogP contribution in [0, 0.1) is 11.8 Å². The van der Waals surface area contributed by atoms with Gasteiger partial charge in [-0.3, -0.25) is 4.79 Å². The molecule has 0 aliphatic heterocycles. The molecule has 0 bridgehead atoms. The number of hydrogen-bond acceptors (Lipinski definition) is 9. The second-order valence-corrected chi connectivity index (χ2v) is 8.81. The Balaban J connectivity index is 2.61. The van der Waals surface area contributed by atoms with E-state index >= 15 is 0 Å². The van der Waals surface area contributed by atoms with Crippen LogP contribution in [0.25, 0.3) is 0 Å². The Morgan fingerprint density at radius 1 is 0.667 bits per heavy atom. The summed E-state index contributed by atoms with van der Waals surface area (Å²) in [5, 5.41) is 58.4. The summed E-state index contributed by atoms with van der Waals surface area (Å²) in [4.78, 5) is 14.1. The predicted octanol–water partition coefficient (Wildman–Crippen LogP) is 1.81. The fourth-order valence-electron chi connectivity index (χ4n) is 4.89. The fraction of sp³-hybridized carbons (Fsp3) is 0.519. The molecule has 9 heteroatoms. The van der Waals surface area contributed by atoms with Crippen molar-refractivity contribution in [2.75, 3.05) is 39.6 Å². The highest BCUT2D eigenvalue weighted by Gasteiger charge is 2.49. The van der Waals surface area contributed by atoms with Crippen molar-refractivity contribution in [3.8, 4) is 11.5 Å². The number of phenolic OH excluding ortho intramolecular Hbond substituents is 2. The Bertz CT molecular complexity index is 856. The van der Waals surface area contributed by atoms with Crippen LogP contribution in [0.2, 0.25) is 0 Å². The largest absolute Gasteiger partial charge is 0.508 e. The van der Waals surface area contributed by atoms with E-state index in [4.69, 9.17) is 9.47 Å². The number of aliphatic hydroxyl groups excluding tert-OH is 4. The van der Waals surface area contributed by atoms with E-state index in [1.807, 2.05) is 0 Å². The Labute approximate surface area is 211 Å². The van der Waals surface area contributed by atoms with E-state index in [1.54, 1.807) is 38.1 Å². The number of rotatable bonds is 16. The maximum Gasteiger partial charge on any atom is 0.144 e. The van der Waals surface area contributed by atoms with Crippen LogP contribution in [-0.4, -0.2) is 76.1 Å². The van der Waals surface area contributed by atoms with Crippen LogP contribution in [-0.2, 0) is 25.5 Å². The molecule has 0 aliphatic rings. The summed E-state index contributed by atoms with van der Waals surface area (Å²) in [5.74, 6) is -1.96. The first-order valence-corrected chi connectivity index (χ1v) is 12.1. The van der Waals surface area contributed by atoms with Gasteiger partial charge in [0.1, 0.15) is 28.5 Å².